The highest BCUT2D eigenvalue weighted by Crippen LogP contribution is 2.28. The highest BCUT2D eigenvalue weighted by molar-refractivity contribution is 7.89. The largest absolute Gasteiger partial charge is 0.316 e. The van der Waals surface area contributed by atoms with E-state index >= 15 is 0 Å². The molecular weight excluding hydrogens is 224 g/mol. The summed E-state index contributed by atoms with van der Waals surface area (Å²) in [5.74, 6) is 1.35. The normalized spacial score (nSPS) is 32.6. The maximum Gasteiger partial charge on any atom is 0.213 e. The van der Waals surface area contributed by atoms with Crippen molar-refractivity contribution in [1.82, 2.24) is 9.62 Å². The van der Waals surface area contributed by atoms with E-state index in [-0.39, 0.29) is 18.2 Å². The minimum atomic E-state index is -2.93. The molecule has 2 saturated heterocycles. The summed E-state index contributed by atoms with van der Waals surface area (Å²) in [6.45, 7) is 5.14. The van der Waals surface area contributed by atoms with Crippen LogP contribution in [-0.2, 0) is 10.0 Å². The molecule has 2 rings (SSSR count). The summed E-state index contributed by atoms with van der Waals surface area (Å²) in [6, 6.07) is 0. The van der Waals surface area contributed by atoms with E-state index in [0.29, 0.717) is 11.8 Å². The molecule has 2 aliphatic rings. The van der Waals surface area contributed by atoms with Gasteiger partial charge in [-0.15, -0.1) is 12.4 Å². The molecule has 0 bridgehead atoms. The van der Waals surface area contributed by atoms with Crippen LogP contribution in [0.25, 0.3) is 0 Å². The van der Waals surface area contributed by atoms with Crippen molar-refractivity contribution in [3.05, 3.63) is 0 Å². The zero-order valence-electron chi connectivity index (χ0n) is 8.27. The third-order valence-corrected chi connectivity index (χ3v) is 4.93. The Bertz CT molecular complexity index is 282. The Morgan fingerprint density at radius 2 is 1.79 bits per heavy atom. The highest BCUT2D eigenvalue weighted by atomic mass is 35.5. The smallest absolute Gasteiger partial charge is 0.213 e. The molecule has 0 saturated carbocycles. The standard InChI is InChI=1S/C8H16N2O2S.ClH/c1-2-13(11,12)10-5-7-3-9-4-8(7)6-10;/h7-9H,2-6H2,1H3;1H/t7-,8+;. The molecule has 14 heavy (non-hydrogen) atoms. The van der Waals surface area contributed by atoms with Crippen LogP contribution in [0.15, 0.2) is 0 Å². The number of halogens is 1. The summed E-state index contributed by atoms with van der Waals surface area (Å²) in [6.07, 6.45) is 0. The Morgan fingerprint density at radius 1 is 1.29 bits per heavy atom. The monoisotopic (exact) mass is 240 g/mol. The van der Waals surface area contributed by atoms with Gasteiger partial charge in [0, 0.05) is 13.1 Å². The molecule has 2 fully saturated rings. The van der Waals surface area contributed by atoms with Crippen molar-refractivity contribution in [3.8, 4) is 0 Å². The summed E-state index contributed by atoms with van der Waals surface area (Å²) in [7, 11) is -2.93. The van der Waals surface area contributed by atoms with Crippen LogP contribution in [0.5, 0.6) is 0 Å². The SMILES string of the molecule is CCS(=O)(=O)N1C[C@H]2CNC[C@H]2C1.Cl. The van der Waals surface area contributed by atoms with Gasteiger partial charge in [0.1, 0.15) is 0 Å². The fourth-order valence-electron chi connectivity index (χ4n) is 2.22. The molecule has 0 aliphatic carbocycles. The Kier molecular flexibility index (Phi) is 3.80. The van der Waals surface area contributed by atoms with Crippen LogP contribution in [-0.4, -0.2) is 44.7 Å². The first-order chi connectivity index (χ1) is 6.13. The lowest BCUT2D eigenvalue weighted by molar-refractivity contribution is 0.449. The first-order valence-corrected chi connectivity index (χ1v) is 6.43. The van der Waals surface area contributed by atoms with Gasteiger partial charge in [-0.2, -0.15) is 0 Å². The van der Waals surface area contributed by atoms with E-state index in [2.05, 4.69) is 5.32 Å². The van der Waals surface area contributed by atoms with Crippen molar-refractivity contribution in [2.45, 2.75) is 6.92 Å². The molecule has 0 unspecified atom stereocenters. The maximum absolute atomic E-state index is 11.5. The second-order valence-electron chi connectivity index (χ2n) is 3.90. The highest BCUT2D eigenvalue weighted by Gasteiger charge is 2.40. The van der Waals surface area contributed by atoms with Gasteiger partial charge < -0.3 is 5.32 Å². The number of fused-ring (bicyclic) bond motifs is 1. The lowest BCUT2D eigenvalue weighted by Gasteiger charge is -2.15. The minimum absolute atomic E-state index is 0. The van der Waals surface area contributed by atoms with Crippen LogP contribution in [0.4, 0.5) is 0 Å². The van der Waals surface area contributed by atoms with Crippen molar-refractivity contribution in [2.24, 2.45) is 11.8 Å². The molecule has 2 aliphatic heterocycles. The lowest BCUT2D eigenvalue weighted by atomic mass is 10.0. The lowest BCUT2D eigenvalue weighted by Crippen LogP contribution is -2.32. The van der Waals surface area contributed by atoms with Crippen LogP contribution < -0.4 is 5.32 Å². The van der Waals surface area contributed by atoms with Crippen molar-refractivity contribution in [2.75, 3.05) is 31.9 Å². The quantitative estimate of drug-likeness (QED) is 0.734. The van der Waals surface area contributed by atoms with Gasteiger partial charge in [-0.3, -0.25) is 0 Å². The Labute approximate surface area is 91.5 Å². The number of hydrogen-bond donors (Lipinski definition) is 1. The molecule has 1 N–H and O–H groups in total. The molecule has 0 amide bonds. The van der Waals surface area contributed by atoms with E-state index < -0.39 is 10.0 Å². The van der Waals surface area contributed by atoms with Gasteiger partial charge in [0.2, 0.25) is 10.0 Å². The molecule has 0 aromatic rings. The van der Waals surface area contributed by atoms with Crippen LogP contribution >= 0.6 is 12.4 Å². The number of sulfonamides is 1. The van der Waals surface area contributed by atoms with Gasteiger partial charge in [-0.25, -0.2) is 12.7 Å². The van der Waals surface area contributed by atoms with Crippen LogP contribution in [0.2, 0.25) is 0 Å². The second kappa shape index (κ2) is 4.35. The van der Waals surface area contributed by atoms with Gasteiger partial charge >= 0.3 is 0 Å². The molecule has 2 atom stereocenters. The number of nitrogens with zero attached hydrogens (tertiary/aromatic N) is 1. The molecule has 0 radical (unpaired) electrons. The average Bonchev–Trinajstić information content (AvgIpc) is 2.61. The Balaban J connectivity index is 0.000000980. The van der Waals surface area contributed by atoms with Crippen LogP contribution in [0, 0.1) is 11.8 Å². The molecular formula is C8H17ClN2O2S. The number of nitrogens with one attached hydrogen (secondary N) is 1. The number of rotatable bonds is 2. The molecule has 2 heterocycles. The van der Waals surface area contributed by atoms with Gasteiger partial charge in [0.15, 0.2) is 0 Å². The average molecular weight is 241 g/mol. The van der Waals surface area contributed by atoms with Crippen molar-refractivity contribution in [1.29, 1.82) is 0 Å². The molecule has 0 aromatic carbocycles. The van der Waals surface area contributed by atoms with Crippen molar-refractivity contribution >= 4 is 22.4 Å². The molecule has 6 heteroatoms. The predicted octanol–water partition coefficient (Wildman–Crippen LogP) is -0.0909. The first-order valence-electron chi connectivity index (χ1n) is 4.82. The second-order valence-corrected chi connectivity index (χ2v) is 6.15. The topological polar surface area (TPSA) is 49.4 Å². The van der Waals surface area contributed by atoms with Crippen LogP contribution in [0.3, 0.4) is 0 Å². The third kappa shape index (κ3) is 2.05. The van der Waals surface area contributed by atoms with Gasteiger partial charge in [0.05, 0.1) is 5.75 Å². The van der Waals surface area contributed by atoms with Gasteiger partial charge in [0.25, 0.3) is 0 Å². The predicted molar refractivity (Wildman–Crippen MR) is 58.1 cm³/mol. The fraction of sp³-hybridized carbons (Fsp3) is 1.00. The fourth-order valence-corrected chi connectivity index (χ4v) is 3.42. The summed E-state index contributed by atoms with van der Waals surface area (Å²) in [4.78, 5) is 0. The van der Waals surface area contributed by atoms with Crippen LogP contribution in [0.1, 0.15) is 6.92 Å². The van der Waals surface area contributed by atoms with Crippen molar-refractivity contribution < 1.29 is 8.42 Å². The molecule has 0 spiro atoms. The van der Waals surface area contributed by atoms with E-state index in [1.165, 1.54) is 0 Å². The first kappa shape index (κ1) is 12.2. The van der Waals surface area contributed by atoms with E-state index in [0.717, 1.165) is 26.2 Å². The number of hydrogen-bond acceptors (Lipinski definition) is 3. The van der Waals surface area contributed by atoms with E-state index in [1.807, 2.05) is 0 Å². The molecule has 84 valence electrons. The van der Waals surface area contributed by atoms with Gasteiger partial charge in [-0.05, 0) is 31.8 Å². The van der Waals surface area contributed by atoms with E-state index in [1.54, 1.807) is 11.2 Å². The van der Waals surface area contributed by atoms with E-state index in [4.69, 9.17) is 0 Å². The van der Waals surface area contributed by atoms with Gasteiger partial charge in [-0.1, -0.05) is 0 Å². The third-order valence-electron chi connectivity index (χ3n) is 3.11. The molecule has 4 nitrogen and oxygen atoms in total. The summed E-state index contributed by atoms with van der Waals surface area (Å²) in [5, 5.41) is 3.29. The maximum atomic E-state index is 11.5. The van der Waals surface area contributed by atoms with Crippen molar-refractivity contribution in [3.63, 3.8) is 0 Å². The zero-order chi connectivity index (χ0) is 9.47. The summed E-state index contributed by atoms with van der Waals surface area (Å²) >= 11 is 0. The van der Waals surface area contributed by atoms with E-state index in [9.17, 15) is 8.42 Å². The minimum Gasteiger partial charge on any atom is -0.316 e. The summed E-state index contributed by atoms with van der Waals surface area (Å²) in [5.41, 5.74) is 0. The summed E-state index contributed by atoms with van der Waals surface area (Å²) < 4.78 is 24.7. The molecule has 0 aromatic heterocycles. The Morgan fingerprint density at radius 3 is 2.21 bits per heavy atom. The zero-order valence-corrected chi connectivity index (χ0v) is 9.90. The Hall–Kier alpha value is 0.160.